The van der Waals surface area contributed by atoms with Crippen LogP contribution in [-0.2, 0) is 21.7 Å². The molecular formula is C48H60O8Pb-4. The van der Waals surface area contributed by atoms with Crippen LogP contribution < -0.4 is 20.4 Å². The molecule has 9 heteroatoms. The topological polar surface area (TPSA) is 161 Å². The van der Waals surface area contributed by atoms with Gasteiger partial charge in [0.1, 0.15) is 0 Å². The zero-order chi connectivity index (χ0) is 43.1. The molecule has 0 amide bonds. The Bertz CT molecular complexity index is 1640. The van der Waals surface area contributed by atoms with E-state index in [2.05, 4.69) is 0 Å². The van der Waals surface area contributed by atoms with Crippen LogP contribution in [0.1, 0.15) is 172 Å². The molecule has 0 unspecified atom stereocenters. The predicted molar refractivity (Wildman–Crippen MR) is 222 cm³/mol. The average molecular weight is 972 g/mol. The number of hydrogen-bond donors (Lipinski definition) is 0. The van der Waals surface area contributed by atoms with Gasteiger partial charge in [0.05, 0.1) is 23.9 Å². The SMILES string of the molecule is CCC(C)(C)c1ccccc1C(=O)[O-].CCC(C)(C)c1ccccc1C(=O)[O-].CCC(C)(C)c1ccccc1C(=O)[O-].CCC(C)(C)c1ccccc1C(=O)[O-].[Pb]. The van der Waals surface area contributed by atoms with Crippen LogP contribution in [0.3, 0.4) is 0 Å². The van der Waals surface area contributed by atoms with Crippen LogP contribution in [0, 0.1) is 0 Å². The molecule has 0 spiro atoms. The van der Waals surface area contributed by atoms with Crippen molar-refractivity contribution in [2.24, 2.45) is 0 Å². The Morgan fingerprint density at radius 1 is 0.351 bits per heavy atom. The molecule has 4 aromatic rings. The number of hydrogen-bond acceptors (Lipinski definition) is 8. The fourth-order valence-electron chi connectivity index (χ4n) is 5.77. The molecule has 0 aliphatic carbocycles. The van der Waals surface area contributed by atoms with Crippen molar-refractivity contribution in [3.8, 4) is 0 Å². The van der Waals surface area contributed by atoms with E-state index >= 15 is 0 Å². The summed E-state index contributed by atoms with van der Waals surface area (Å²) in [6.45, 7) is 24.5. The molecule has 0 N–H and O–H groups in total. The third kappa shape index (κ3) is 15.2. The molecule has 0 aromatic heterocycles. The molecule has 8 nitrogen and oxygen atoms in total. The molecule has 0 saturated carbocycles. The minimum Gasteiger partial charge on any atom is -0.545 e. The molecule has 0 fully saturated rings. The van der Waals surface area contributed by atoms with Crippen LogP contribution in [0.5, 0.6) is 0 Å². The molecule has 57 heavy (non-hydrogen) atoms. The molecule has 0 heterocycles. The van der Waals surface area contributed by atoms with E-state index in [0.29, 0.717) is 22.3 Å². The molecular weight excluding hydrogens is 912 g/mol. The average Bonchev–Trinajstić information content (AvgIpc) is 3.18. The summed E-state index contributed by atoms with van der Waals surface area (Å²) < 4.78 is 0. The van der Waals surface area contributed by atoms with Gasteiger partial charge in [0.2, 0.25) is 0 Å². The zero-order valence-electron chi connectivity index (χ0n) is 35.8. The van der Waals surface area contributed by atoms with Crippen molar-refractivity contribution in [3.63, 3.8) is 0 Å². The molecule has 0 atom stereocenters. The van der Waals surface area contributed by atoms with Crippen LogP contribution in [-0.4, -0.2) is 51.2 Å². The number of aromatic carboxylic acids is 4. The van der Waals surface area contributed by atoms with Crippen LogP contribution in [0.15, 0.2) is 97.1 Å². The first kappa shape index (κ1) is 52.7. The number of rotatable bonds is 12. The van der Waals surface area contributed by atoms with E-state index in [9.17, 15) is 39.6 Å². The van der Waals surface area contributed by atoms with Crippen molar-refractivity contribution in [1.29, 1.82) is 0 Å². The predicted octanol–water partition coefficient (Wildman–Crippen LogP) is 6.57. The van der Waals surface area contributed by atoms with Crippen molar-refractivity contribution >= 4 is 51.2 Å². The van der Waals surface area contributed by atoms with Gasteiger partial charge in [-0.25, -0.2) is 0 Å². The van der Waals surface area contributed by atoms with E-state index < -0.39 is 23.9 Å². The monoisotopic (exact) mass is 972 g/mol. The summed E-state index contributed by atoms with van der Waals surface area (Å²) in [7, 11) is 0. The van der Waals surface area contributed by atoms with Gasteiger partial charge in [-0.05, 0) is 69.6 Å². The van der Waals surface area contributed by atoms with Crippen LogP contribution in [0.25, 0.3) is 0 Å². The van der Waals surface area contributed by atoms with Gasteiger partial charge in [-0.1, -0.05) is 180 Å². The van der Waals surface area contributed by atoms with Gasteiger partial charge in [-0.2, -0.15) is 0 Å². The van der Waals surface area contributed by atoms with Gasteiger partial charge in [-0.15, -0.1) is 0 Å². The first-order chi connectivity index (χ1) is 25.9. The van der Waals surface area contributed by atoms with Crippen molar-refractivity contribution in [3.05, 3.63) is 142 Å². The van der Waals surface area contributed by atoms with Crippen molar-refractivity contribution in [1.82, 2.24) is 0 Å². The second-order valence-electron chi connectivity index (χ2n) is 16.3. The Labute approximate surface area is 360 Å². The number of carboxylic acids is 4. The van der Waals surface area contributed by atoms with Crippen molar-refractivity contribution in [2.45, 2.75) is 130 Å². The summed E-state index contributed by atoms with van der Waals surface area (Å²) in [6.07, 6.45) is 3.60. The summed E-state index contributed by atoms with van der Waals surface area (Å²) in [5, 5.41) is 43.5. The summed E-state index contributed by atoms with van der Waals surface area (Å²) in [4.78, 5) is 43.5. The Kier molecular flexibility index (Phi) is 21.4. The normalized spacial score (nSPS) is 11.2. The smallest absolute Gasteiger partial charge is 0.0718 e. The van der Waals surface area contributed by atoms with Gasteiger partial charge < -0.3 is 39.6 Å². The summed E-state index contributed by atoms with van der Waals surface area (Å²) in [5.41, 5.74) is 4.16. The van der Waals surface area contributed by atoms with Crippen molar-refractivity contribution in [2.75, 3.05) is 0 Å². The molecule has 308 valence electrons. The maximum absolute atomic E-state index is 10.9. The fourth-order valence-corrected chi connectivity index (χ4v) is 5.77. The number of carbonyl (C=O) groups is 4. The second-order valence-corrected chi connectivity index (χ2v) is 16.3. The summed E-state index contributed by atoms with van der Waals surface area (Å²) in [6, 6.07) is 28.2. The Morgan fingerprint density at radius 2 is 0.491 bits per heavy atom. The molecule has 0 aliphatic heterocycles. The Balaban J connectivity index is 0.000000729. The van der Waals surface area contributed by atoms with Gasteiger partial charge in [-0.3, -0.25) is 0 Å². The number of benzene rings is 4. The van der Waals surface area contributed by atoms with Crippen molar-refractivity contribution < 1.29 is 39.6 Å². The Morgan fingerprint density at radius 3 is 0.614 bits per heavy atom. The van der Waals surface area contributed by atoms with Gasteiger partial charge in [0.15, 0.2) is 0 Å². The second kappa shape index (κ2) is 23.2. The quantitative estimate of drug-likeness (QED) is 0.144. The first-order valence-corrected chi connectivity index (χ1v) is 19.2. The van der Waals surface area contributed by atoms with E-state index in [0.717, 1.165) is 47.9 Å². The maximum atomic E-state index is 10.9. The van der Waals surface area contributed by atoms with E-state index in [1.807, 2.05) is 132 Å². The molecule has 0 saturated heterocycles. The standard InChI is InChI=1S/4C12H16O2.Pb/c4*1-4-12(2,3)10-8-6-5-7-9(10)11(13)14;/h4*5-8H,4H2,1-3H3,(H,13,14);/p-4. The third-order valence-corrected chi connectivity index (χ3v) is 11.0. The molecule has 4 radical (unpaired) electrons. The fraction of sp³-hybridized carbons (Fsp3) is 0.417. The van der Waals surface area contributed by atoms with Gasteiger partial charge >= 0.3 is 0 Å². The first-order valence-electron chi connectivity index (χ1n) is 19.2. The molecule has 4 aromatic carbocycles. The summed E-state index contributed by atoms with van der Waals surface area (Å²) in [5.74, 6) is -4.38. The largest absolute Gasteiger partial charge is 0.545 e. The van der Waals surface area contributed by atoms with Crippen LogP contribution in [0.4, 0.5) is 0 Å². The van der Waals surface area contributed by atoms with Crippen LogP contribution >= 0.6 is 0 Å². The summed E-state index contributed by atoms with van der Waals surface area (Å²) >= 11 is 0. The van der Waals surface area contributed by atoms with E-state index in [-0.39, 0.29) is 49.0 Å². The van der Waals surface area contributed by atoms with Gasteiger partial charge in [0, 0.05) is 49.6 Å². The van der Waals surface area contributed by atoms with Gasteiger partial charge in [0.25, 0.3) is 0 Å². The zero-order valence-corrected chi connectivity index (χ0v) is 39.7. The Hall–Kier alpha value is -4.32. The van der Waals surface area contributed by atoms with Crippen LogP contribution in [0.2, 0.25) is 0 Å². The minimum absolute atomic E-state index is 0. The van der Waals surface area contributed by atoms with E-state index in [1.165, 1.54) is 0 Å². The number of carboxylic acid groups (broad SMARTS) is 4. The third-order valence-electron chi connectivity index (χ3n) is 11.0. The van der Waals surface area contributed by atoms with E-state index in [4.69, 9.17) is 0 Å². The number of carbonyl (C=O) groups excluding carboxylic acids is 4. The van der Waals surface area contributed by atoms with E-state index in [1.54, 1.807) is 48.5 Å². The molecule has 4 rings (SSSR count). The minimum atomic E-state index is -1.10. The molecule has 0 aliphatic rings. The maximum Gasteiger partial charge on any atom is 0.0718 e. The molecule has 0 bridgehead atoms.